The van der Waals surface area contributed by atoms with Crippen molar-refractivity contribution in [3.8, 4) is 5.00 Å². The SMILES string of the molecule is C=C1c2c(sc(-n3nccn3)c2C)NC(=O)N1C(C)(C)C(=O)NC(C)C. The third-order valence-electron chi connectivity index (χ3n) is 4.24. The van der Waals surface area contributed by atoms with Gasteiger partial charge in [0.05, 0.1) is 12.4 Å². The van der Waals surface area contributed by atoms with Gasteiger partial charge in [-0.3, -0.25) is 15.0 Å². The van der Waals surface area contributed by atoms with Gasteiger partial charge in [0.1, 0.15) is 15.5 Å². The lowest BCUT2D eigenvalue weighted by Crippen LogP contribution is -2.59. The Morgan fingerprint density at radius 1 is 1.35 bits per heavy atom. The summed E-state index contributed by atoms with van der Waals surface area (Å²) in [6, 6.07) is -0.411. The molecule has 0 saturated heterocycles. The summed E-state index contributed by atoms with van der Waals surface area (Å²) in [6.45, 7) is 13.2. The first-order chi connectivity index (χ1) is 12.1. The second-order valence-electron chi connectivity index (χ2n) is 6.95. The number of carbonyl (C=O) groups is 2. The van der Waals surface area contributed by atoms with Crippen molar-refractivity contribution in [1.29, 1.82) is 0 Å². The molecule has 0 aromatic carbocycles. The molecule has 0 unspecified atom stereocenters. The highest BCUT2D eigenvalue weighted by atomic mass is 32.1. The summed E-state index contributed by atoms with van der Waals surface area (Å²) in [7, 11) is 0. The van der Waals surface area contributed by atoms with Gasteiger partial charge >= 0.3 is 6.03 Å². The van der Waals surface area contributed by atoms with Crippen molar-refractivity contribution in [3.63, 3.8) is 0 Å². The van der Waals surface area contributed by atoms with Gasteiger partial charge in [0.15, 0.2) is 0 Å². The van der Waals surface area contributed by atoms with Crippen molar-refractivity contribution >= 4 is 34.0 Å². The molecule has 0 atom stereocenters. The molecule has 8 nitrogen and oxygen atoms in total. The molecule has 0 radical (unpaired) electrons. The quantitative estimate of drug-likeness (QED) is 0.861. The summed E-state index contributed by atoms with van der Waals surface area (Å²) in [5, 5.41) is 15.5. The number of hydrogen-bond acceptors (Lipinski definition) is 5. The fourth-order valence-corrected chi connectivity index (χ4v) is 4.10. The molecule has 1 aliphatic heterocycles. The Morgan fingerprint density at radius 3 is 2.54 bits per heavy atom. The molecule has 0 bridgehead atoms. The Kier molecular flexibility index (Phi) is 4.35. The lowest BCUT2D eigenvalue weighted by Gasteiger charge is -2.41. The van der Waals surface area contributed by atoms with Crippen molar-refractivity contribution in [2.24, 2.45) is 0 Å². The maximum absolute atomic E-state index is 12.8. The van der Waals surface area contributed by atoms with E-state index in [0.29, 0.717) is 10.7 Å². The predicted molar refractivity (Wildman–Crippen MR) is 101 cm³/mol. The first-order valence-corrected chi connectivity index (χ1v) is 9.07. The van der Waals surface area contributed by atoms with Crippen molar-refractivity contribution in [2.45, 2.75) is 46.2 Å². The van der Waals surface area contributed by atoms with Crippen LogP contribution in [0.1, 0.15) is 38.8 Å². The second kappa shape index (κ2) is 6.24. The molecule has 2 aromatic rings. The zero-order chi connectivity index (χ0) is 19.2. The third-order valence-corrected chi connectivity index (χ3v) is 5.41. The molecule has 0 aliphatic carbocycles. The molecule has 3 rings (SSSR count). The highest BCUT2D eigenvalue weighted by molar-refractivity contribution is 7.19. The first-order valence-electron chi connectivity index (χ1n) is 8.26. The summed E-state index contributed by atoms with van der Waals surface area (Å²) >= 11 is 1.38. The molecule has 0 saturated carbocycles. The van der Waals surface area contributed by atoms with Crippen molar-refractivity contribution in [1.82, 2.24) is 25.2 Å². The number of nitrogens with one attached hydrogen (secondary N) is 2. The largest absolute Gasteiger partial charge is 0.352 e. The van der Waals surface area contributed by atoms with E-state index in [1.807, 2.05) is 20.8 Å². The predicted octanol–water partition coefficient (Wildman–Crippen LogP) is 2.76. The number of hydrogen-bond donors (Lipinski definition) is 2. The topological polar surface area (TPSA) is 92.2 Å². The van der Waals surface area contributed by atoms with E-state index >= 15 is 0 Å². The summed E-state index contributed by atoms with van der Waals surface area (Å²) in [5.41, 5.74) is 1.09. The van der Waals surface area contributed by atoms with Gasteiger partial charge in [0.25, 0.3) is 0 Å². The highest BCUT2D eigenvalue weighted by Crippen LogP contribution is 2.44. The Balaban J connectivity index is 2.03. The smallest absolute Gasteiger partial charge is 0.327 e. The molecular formula is C17H22N6O2S. The molecule has 2 N–H and O–H groups in total. The van der Waals surface area contributed by atoms with Gasteiger partial charge < -0.3 is 5.32 Å². The van der Waals surface area contributed by atoms with Crippen LogP contribution in [0, 0.1) is 6.92 Å². The Hall–Kier alpha value is -2.68. The van der Waals surface area contributed by atoms with Gasteiger partial charge in [-0.2, -0.15) is 10.2 Å². The minimum Gasteiger partial charge on any atom is -0.352 e. The van der Waals surface area contributed by atoms with Gasteiger partial charge in [-0.15, -0.1) is 4.80 Å². The average Bonchev–Trinajstić information content (AvgIpc) is 3.14. The van der Waals surface area contributed by atoms with E-state index in [-0.39, 0.29) is 18.0 Å². The van der Waals surface area contributed by atoms with E-state index in [1.54, 1.807) is 26.2 Å². The van der Waals surface area contributed by atoms with Crippen LogP contribution in [0.4, 0.5) is 9.80 Å². The summed E-state index contributed by atoms with van der Waals surface area (Å²) < 4.78 is 0. The van der Waals surface area contributed by atoms with Gasteiger partial charge in [-0.05, 0) is 40.2 Å². The molecule has 138 valence electrons. The molecule has 0 spiro atoms. The molecule has 2 aromatic heterocycles. The summed E-state index contributed by atoms with van der Waals surface area (Å²) in [6.07, 6.45) is 3.19. The normalized spacial score (nSPS) is 14.5. The Bertz CT molecular complexity index is 881. The van der Waals surface area contributed by atoms with Crippen molar-refractivity contribution in [2.75, 3.05) is 5.32 Å². The average molecular weight is 374 g/mol. The van der Waals surface area contributed by atoms with Crippen molar-refractivity contribution in [3.05, 3.63) is 30.1 Å². The van der Waals surface area contributed by atoms with Crippen molar-refractivity contribution < 1.29 is 9.59 Å². The molecule has 1 aliphatic rings. The molecular weight excluding hydrogens is 352 g/mol. The van der Waals surface area contributed by atoms with Gasteiger partial charge in [-0.1, -0.05) is 17.9 Å². The van der Waals surface area contributed by atoms with Crippen LogP contribution < -0.4 is 10.6 Å². The molecule has 0 fully saturated rings. The monoisotopic (exact) mass is 374 g/mol. The van der Waals surface area contributed by atoms with Crippen LogP contribution in [0.5, 0.6) is 0 Å². The molecule has 3 amide bonds. The van der Waals surface area contributed by atoms with Crippen LogP contribution in [0.3, 0.4) is 0 Å². The summed E-state index contributed by atoms with van der Waals surface area (Å²) in [5.74, 6) is -0.242. The number of fused-ring (bicyclic) bond motifs is 1. The van der Waals surface area contributed by atoms with Crippen LogP contribution in [0.2, 0.25) is 0 Å². The Morgan fingerprint density at radius 2 is 1.96 bits per heavy atom. The number of rotatable bonds is 4. The van der Waals surface area contributed by atoms with E-state index in [9.17, 15) is 9.59 Å². The van der Waals surface area contributed by atoms with E-state index in [2.05, 4.69) is 27.4 Å². The first kappa shape index (κ1) is 18.1. The lowest BCUT2D eigenvalue weighted by molar-refractivity contribution is -0.129. The number of anilines is 1. The van der Waals surface area contributed by atoms with Crippen LogP contribution >= 0.6 is 11.3 Å². The fraction of sp³-hybridized carbons (Fsp3) is 0.412. The number of urea groups is 1. The Labute approximate surface area is 155 Å². The fourth-order valence-electron chi connectivity index (χ4n) is 2.97. The molecule has 9 heteroatoms. The minimum atomic E-state index is -1.10. The van der Waals surface area contributed by atoms with Crippen LogP contribution in [-0.2, 0) is 4.79 Å². The van der Waals surface area contributed by atoms with Gasteiger partial charge in [0, 0.05) is 17.3 Å². The highest BCUT2D eigenvalue weighted by Gasteiger charge is 2.44. The zero-order valence-corrected chi connectivity index (χ0v) is 16.3. The molecule has 26 heavy (non-hydrogen) atoms. The van der Waals surface area contributed by atoms with Gasteiger partial charge in [-0.25, -0.2) is 4.79 Å². The third kappa shape index (κ3) is 2.78. The van der Waals surface area contributed by atoms with Crippen LogP contribution in [0.15, 0.2) is 19.0 Å². The number of thiophene rings is 1. The van der Waals surface area contributed by atoms with E-state index in [1.165, 1.54) is 21.0 Å². The maximum Gasteiger partial charge on any atom is 0.327 e. The lowest BCUT2D eigenvalue weighted by atomic mass is 9.97. The van der Waals surface area contributed by atoms with Crippen LogP contribution in [-0.4, -0.2) is 43.4 Å². The second-order valence-corrected chi connectivity index (χ2v) is 7.95. The van der Waals surface area contributed by atoms with E-state index in [0.717, 1.165) is 16.1 Å². The standard InChI is InChI=1S/C17H22N6O2S/c1-9(2)20-15(24)17(5,6)22-11(4)12-10(3)14(23-18-7-8-19-23)26-13(12)21-16(22)25/h7-9H,4H2,1-3,5-6H3,(H,20,24)(H,21,25). The van der Waals surface area contributed by atoms with E-state index < -0.39 is 5.54 Å². The maximum atomic E-state index is 12.8. The molecule has 3 heterocycles. The zero-order valence-electron chi connectivity index (χ0n) is 15.5. The summed E-state index contributed by atoms with van der Waals surface area (Å²) in [4.78, 5) is 28.3. The number of nitrogens with zero attached hydrogens (tertiary/aromatic N) is 4. The van der Waals surface area contributed by atoms with Crippen LogP contribution in [0.25, 0.3) is 10.7 Å². The van der Waals surface area contributed by atoms with Gasteiger partial charge in [0.2, 0.25) is 5.91 Å². The van der Waals surface area contributed by atoms with E-state index in [4.69, 9.17) is 0 Å². The minimum absolute atomic E-state index is 0.0289. The number of aromatic nitrogens is 3. The number of amides is 3. The number of carbonyl (C=O) groups excluding carboxylic acids is 2.